The van der Waals surface area contributed by atoms with Crippen molar-refractivity contribution >= 4 is 22.7 Å². The zero-order valence-electron chi connectivity index (χ0n) is 19.4. The molecule has 0 fully saturated rings. The van der Waals surface area contributed by atoms with Gasteiger partial charge in [0, 0.05) is 40.5 Å². The van der Waals surface area contributed by atoms with Gasteiger partial charge in [0.15, 0.2) is 6.61 Å². The smallest absolute Gasteiger partial charge is 0.339 e. The number of H-pyrrole nitrogens is 1. The van der Waals surface area contributed by atoms with Gasteiger partial charge in [0.05, 0.1) is 12.7 Å². The number of carbonyl (C=O) groups is 2. The van der Waals surface area contributed by atoms with Gasteiger partial charge < -0.3 is 19.0 Å². The van der Waals surface area contributed by atoms with Crippen molar-refractivity contribution in [3.8, 4) is 5.75 Å². The van der Waals surface area contributed by atoms with Crippen LogP contribution in [0.5, 0.6) is 5.75 Å². The lowest BCUT2D eigenvalue weighted by Gasteiger charge is -2.11. The first-order chi connectivity index (χ1) is 16.4. The van der Waals surface area contributed by atoms with Crippen molar-refractivity contribution in [2.24, 2.45) is 0 Å². The van der Waals surface area contributed by atoms with E-state index in [1.54, 1.807) is 31.4 Å². The minimum Gasteiger partial charge on any atom is -0.497 e. The summed E-state index contributed by atoms with van der Waals surface area (Å²) in [5.41, 5.74) is 3.74. The average Bonchev–Trinajstić information content (AvgIpc) is 3.13. The molecule has 0 bridgehead atoms. The molecule has 7 nitrogen and oxygen atoms in total. The highest BCUT2D eigenvalue weighted by Crippen LogP contribution is 2.19. The van der Waals surface area contributed by atoms with Gasteiger partial charge in [-0.2, -0.15) is 0 Å². The third kappa shape index (κ3) is 4.78. The number of fused-ring (bicyclic) bond motifs is 1. The number of aromatic amines is 1. The van der Waals surface area contributed by atoms with Gasteiger partial charge in [0.1, 0.15) is 5.75 Å². The van der Waals surface area contributed by atoms with Crippen molar-refractivity contribution < 1.29 is 19.1 Å². The van der Waals surface area contributed by atoms with Crippen LogP contribution in [0.1, 0.15) is 37.7 Å². The number of rotatable bonds is 8. The Bertz CT molecular complexity index is 1410. The number of nitrogens with zero attached hydrogens (tertiary/aromatic N) is 1. The first-order valence-electron chi connectivity index (χ1n) is 11.0. The van der Waals surface area contributed by atoms with Crippen LogP contribution in [0.25, 0.3) is 10.9 Å². The summed E-state index contributed by atoms with van der Waals surface area (Å²) in [6, 6.07) is 17.9. The molecule has 4 aromatic rings. The monoisotopic (exact) mass is 458 g/mol. The van der Waals surface area contributed by atoms with Crippen LogP contribution in [0.2, 0.25) is 0 Å². The molecule has 0 unspecified atom stereocenters. The van der Waals surface area contributed by atoms with Gasteiger partial charge in [-0.1, -0.05) is 30.3 Å². The molecular weight excluding hydrogens is 432 g/mol. The number of hydrogen-bond acceptors (Lipinski definition) is 5. The summed E-state index contributed by atoms with van der Waals surface area (Å²) in [7, 11) is 1.64. The molecule has 34 heavy (non-hydrogen) atoms. The molecule has 0 atom stereocenters. The lowest BCUT2D eigenvalue weighted by molar-refractivity contribution is 0.0476. The van der Waals surface area contributed by atoms with Gasteiger partial charge in [-0.3, -0.25) is 9.59 Å². The van der Waals surface area contributed by atoms with Crippen molar-refractivity contribution in [2.75, 3.05) is 13.7 Å². The zero-order valence-corrected chi connectivity index (χ0v) is 19.4. The molecular formula is C27H26N2O5. The molecule has 174 valence electrons. The van der Waals surface area contributed by atoms with Crippen molar-refractivity contribution in [2.45, 2.75) is 26.8 Å². The number of ether oxygens (including phenoxy) is 2. The lowest BCUT2D eigenvalue weighted by Crippen LogP contribution is -2.17. The highest BCUT2D eigenvalue weighted by molar-refractivity contribution is 6.05. The summed E-state index contributed by atoms with van der Waals surface area (Å²) < 4.78 is 12.6. The number of hydrogen-bond donors (Lipinski definition) is 1. The van der Waals surface area contributed by atoms with Crippen LogP contribution in [0.3, 0.4) is 0 Å². The Kier molecular flexibility index (Phi) is 6.63. The third-order valence-corrected chi connectivity index (χ3v) is 5.96. The predicted octanol–water partition coefficient (Wildman–Crippen LogP) is 4.24. The van der Waals surface area contributed by atoms with E-state index in [1.807, 2.05) is 44.2 Å². The summed E-state index contributed by atoms with van der Waals surface area (Å²) in [6.45, 7) is 4.16. The standard InChI is InChI=1S/C27H26N2O5/c1-17-14-22(18(2)29(17)13-12-19-8-10-20(33-3)11-9-19)25(30)16-34-27(32)23-15-26(31)28-24-7-5-4-6-21(23)24/h4-11,14-15H,12-13,16H2,1-3H3,(H,28,31). The van der Waals surface area contributed by atoms with Crippen molar-refractivity contribution in [3.63, 3.8) is 0 Å². The van der Waals surface area contributed by atoms with E-state index in [4.69, 9.17) is 9.47 Å². The predicted molar refractivity (Wildman–Crippen MR) is 130 cm³/mol. The molecule has 2 aromatic heterocycles. The molecule has 0 radical (unpaired) electrons. The number of nitrogens with one attached hydrogen (secondary N) is 1. The number of para-hydroxylation sites is 1. The minimum atomic E-state index is -0.705. The second kappa shape index (κ2) is 9.79. The summed E-state index contributed by atoms with van der Waals surface area (Å²) in [4.78, 5) is 40.1. The molecule has 2 heterocycles. The summed E-state index contributed by atoms with van der Waals surface area (Å²) in [6.07, 6.45) is 0.804. The Morgan fingerprint density at radius 1 is 0.971 bits per heavy atom. The number of ketones is 1. The molecule has 0 aliphatic heterocycles. The van der Waals surface area contributed by atoms with E-state index in [9.17, 15) is 14.4 Å². The Morgan fingerprint density at radius 3 is 2.44 bits per heavy atom. The number of benzene rings is 2. The van der Waals surface area contributed by atoms with E-state index in [2.05, 4.69) is 9.55 Å². The van der Waals surface area contributed by atoms with E-state index in [0.717, 1.165) is 30.1 Å². The zero-order chi connectivity index (χ0) is 24.2. The molecule has 7 heteroatoms. The van der Waals surface area contributed by atoms with E-state index in [0.29, 0.717) is 16.5 Å². The number of carbonyl (C=O) groups excluding carboxylic acids is 2. The van der Waals surface area contributed by atoms with Crippen molar-refractivity contribution in [1.29, 1.82) is 0 Å². The molecule has 0 saturated carbocycles. The molecule has 0 aliphatic rings. The second-order valence-electron chi connectivity index (χ2n) is 8.13. The van der Waals surface area contributed by atoms with E-state index >= 15 is 0 Å². The fraction of sp³-hybridized carbons (Fsp3) is 0.222. The molecule has 4 rings (SSSR count). The van der Waals surface area contributed by atoms with E-state index < -0.39 is 18.1 Å². The van der Waals surface area contributed by atoms with Gasteiger partial charge in [0.2, 0.25) is 11.3 Å². The molecule has 0 spiro atoms. The summed E-state index contributed by atoms with van der Waals surface area (Å²) >= 11 is 0. The number of esters is 1. The van der Waals surface area contributed by atoms with Crippen LogP contribution < -0.4 is 10.3 Å². The first-order valence-corrected chi connectivity index (χ1v) is 11.0. The lowest BCUT2D eigenvalue weighted by atomic mass is 10.1. The van der Waals surface area contributed by atoms with Crippen LogP contribution in [0, 0.1) is 13.8 Å². The largest absolute Gasteiger partial charge is 0.497 e. The van der Waals surface area contributed by atoms with E-state index in [-0.39, 0.29) is 11.3 Å². The molecule has 1 N–H and O–H groups in total. The van der Waals surface area contributed by atoms with E-state index in [1.165, 1.54) is 11.6 Å². The molecule has 0 amide bonds. The maximum Gasteiger partial charge on any atom is 0.339 e. The van der Waals surface area contributed by atoms with Gasteiger partial charge >= 0.3 is 5.97 Å². The quantitative estimate of drug-likeness (QED) is 0.315. The van der Waals surface area contributed by atoms with Gasteiger partial charge in [0.25, 0.3) is 0 Å². The Hall–Kier alpha value is -4.13. The first kappa shape index (κ1) is 23.0. The Morgan fingerprint density at radius 2 is 1.71 bits per heavy atom. The SMILES string of the molecule is COc1ccc(CCn2c(C)cc(C(=O)COC(=O)c3cc(=O)[nH]c4ccccc34)c2C)cc1. The number of aryl methyl sites for hydroxylation is 2. The number of aromatic nitrogens is 2. The summed E-state index contributed by atoms with van der Waals surface area (Å²) in [5.74, 6) is -0.178. The van der Waals surface area contributed by atoms with Crippen LogP contribution in [-0.4, -0.2) is 35.0 Å². The minimum absolute atomic E-state index is 0.136. The topological polar surface area (TPSA) is 90.4 Å². The number of pyridine rings is 1. The van der Waals surface area contributed by atoms with Crippen LogP contribution in [-0.2, 0) is 17.7 Å². The normalized spacial score (nSPS) is 10.9. The van der Waals surface area contributed by atoms with Gasteiger partial charge in [-0.05, 0) is 50.1 Å². The Balaban J connectivity index is 1.44. The average molecular weight is 459 g/mol. The fourth-order valence-corrected chi connectivity index (χ4v) is 4.12. The van der Waals surface area contributed by atoms with Crippen LogP contribution in [0.4, 0.5) is 0 Å². The fourth-order valence-electron chi connectivity index (χ4n) is 4.12. The highest BCUT2D eigenvalue weighted by Gasteiger charge is 2.19. The second-order valence-corrected chi connectivity index (χ2v) is 8.13. The van der Waals surface area contributed by atoms with Crippen molar-refractivity contribution in [3.05, 3.63) is 99.1 Å². The highest BCUT2D eigenvalue weighted by atomic mass is 16.5. The Labute approximate surface area is 196 Å². The molecule has 2 aromatic carbocycles. The number of methoxy groups -OCH3 is 1. The maximum atomic E-state index is 12.9. The van der Waals surface area contributed by atoms with Crippen LogP contribution >= 0.6 is 0 Å². The van der Waals surface area contributed by atoms with Crippen molar-refractivity contribution in [1.82, 2.24) is 9.55 Å². The molecule has 0 saturated heterocycles. The van der Waals surface area contributed by atoms with Gasteiger partial charge in [-0.15, -0.1) is 0 Å². The molecule has 0 aliphatic carbocycles. The van der Waals surface area contributed by atoms with Gasteiger partial charge in [-0.25, -0.2) is 4.79 Å². The summed E-state index contributed by atoms with van der Waals surface area (Å²) in [5, 5.41) is 0.566. The maximum absolute atomic E-state index is 12.9. The third-order valence-electron chi connectivity index (χ3n) is 5.96. The number of Topliss-reactive ketones (excluding diaryl/α,β-unsaturated/α-hetero) is 1. The van der Waals surface area contributed by atoms with Crippen LogP contribution in [0.15, 0.2) is 65.5 Å².